The lowest BCUT2D eigenvalue weighted by Gasteiger charge is -2.10. The fourth-order valence-electron chi connectivity index (χ4n) is 2.49. The molecule has 21 heavy (non-hydrogen) atoms. The van der Waals surface area contributed by atoms with Gasteiger partial charge in [0.1, 0.15) is 11.6 Å². The fraction of sp³-hybridized carbons (Fsp3) is 0.176. The van der Waals surface area contributed by atoms with Gasteiger partial charge in [0.05, 0.1) is 13.2 Å². The predicted octanol–water partition coefficient (Wildman–Crippen LogP) is 3.81. The van der Waals surface area contributed by atoms with Gasteiger partial charge in [0, 0.05) is 28.4 Å². The molecule has 0 saturated heterocycles. The third-order valence-corrected chi connectivity index (χ3v) is 3.54. The number of fused-ring (bicyclic) bond motifs is 1. The minimum atomic E-state index is -0.275. The molecular formula is C17H17FN2O. The van der Waals surface area contributed by atoms with Gasteiger partial charge in [-0.15, -0.1) is 0 Å². The number of aromatic nitrogens is 1. The molecule has 0 fully saturated rings. The van der Waals surface area contributed by atoms with E-state index in [1.54, 1.807) is 12.1 Å². The van der Waals surface area contributed by atoms with Crippen LogP contribution in [0.3, 0.4) is 0 Å². The molecule has 0 radical (unpaired) electrons. The van der Waals surface area contributed by atoms with Crippen LogP contribution in [-0.4, -0.2) is 11.2 Å². The number of hydrogen-bond donors (Lipinski definition) is 1. The highest BCUT2D eigenvalue weighted by Gasteiger charge is 2.09. The minimum absolute atomic E-state index is 0.275. The number of nitrogens with two attached hydrogens (primary N) is 1. The van der Waals surface area contributed by atoms with E-state index in [0.717, 1.165) is 16.7 Å². The maximum absolute atomic E-state index is 13.9. The maximum atomic E-state index is 13.9. The van der Waals surface area contributed by atoms with Crippen molar-refractivity contribution in [2.24, 2.45) is 0 Å². The van der Waals surface area contributed by atoms with E-state index < -0.39 is 0 Å². The standard InChI is InChI=1S/C17H17FN2O/c1-2-21-13-6-7-17-12(10-13)8-9-20(17)11-14-15(18)4-3-5-16(14)19/h3-10H,2,11,19H2,1H3. The van der Waals surface area contributed by atoms with Gasteiger partial charge < -0.3 is 15.0 Å². The zero-order chi connectivity index (χ0) is 14.8. The maximum Gasteiger partial charge on any atom is 0.130 e. The van der Waals surface area contributed by atoms with Gasteiger partial charge in [-0.1, -0.05) is 6.07 Å². The van der Waals surface area contributed by atoms with E-state index in [1.807, 2.05) is 42.0 Å². The Labute approximate surface area is 122 Å². The van der Waals surface area contributed by atoms with Gasteiger partial charge in [-0.2, -0.15) is 0 Å². The van der Waals surface area contributed by atoms with Gasteiger partial charge in [-0.25, -0.2) is 4.39 Å². The number of halogens is 1. The largest absolute Gasteiger partial charge is 0.494 e. The molecule has 0 unspecified atom stereocenters. The molecular weight excluding hydrogens is 267 g/mol. The molecule has 0 amide bonds. The van der Waals surface area contributed by atoms with Crippen LogP contribution in [0.15, 0.2) is 48.7 Å². The molecule has 2 aromatic carbocycles. The summed E-state index contributed by atoms with van der Waals surface area (Å²) >= 11 is 0. The molecule has 3 nitrogen and oxygen atoms in total. The minimum Gasteiger partial charge on any atom is -0.494 e. The van der Waals surface area contributed by atoms with Gasteiger partial charge in [-0.3, -0.25) is 0 Å². The summed E-state index contributed by atoms with van der Waals surface area (Å²) in [5.74, 6) is 0.566. The number of rotatable bonds is 4. The van der Waals surface area contributed by atoms with Crippen LogP contribution in [0.25, 0.3) is 10.9 Å². The molecule has 1 heterocycles. The quantitative estimate of drug-likeness (QED) is 0.740. The highest BCUT2D eigenvalue weighted by molar-refractivity contribution is 5.81. The van der Waals surface area contributed by atoms with Crippen LogP contribution in [0.2, 0.25) is 0 Å². The van der Waals surface area contributed by atoms with Crippen molar-refractivity contribution in [3.8, 4) is 5.75 Å². The van der Waals surface area contributed by atoms with Crippen LogP contribution in [0.4, 0.5) is 10.1 Å². The van der Waals surface area contributed by atoms with Crippen molar-refractivity contribution in [1.82, 2.24) is 4.57 Å². The molecule has 2 N–H and O–H groups in total. The van der Waals surface area contributed by atoms with Crippen LogP contribution in [0.5, 0.6) is 5.75 Å². The Morgan fingerprint density at radius 2 is 2.05 bits per heavy atom. The molecule has 0 saturated carbocycles. The van der Waals surface area contributed by atoms with Crippen molar-refractivity contribution in [3.05, 3.63) is 60.0 Å². The van der Waals surface area contributed by atoms with Crippen LogP contribution >= 0.6 is 0 Å². The summed E-state index contributed by atoms with van der Waals surface area (Å²) in [5, 5.41) is 1.07. The molecule has 3 rings (SSSR count). The van der Waals surface area contributed by atoms with E-state index >= 15 is 0 Å². The van der Waals surface area contributed by atoms with Gasteiger partial charge in [0.15, 0.2) is 0 Å². The summed E-state index contributed by atoms with van der Waals surface area (Å²) in [5.41, 5.74) is 7.89. The van der Waals surface area contributed by atoms with Crippen molar-refractivity contribution >= 4 is 16.6 Å². The van der Waals surface area contributed by atoms with Crippen molar-refractivity contribution in [1.29, 1.82) is 0 Å². The molecule has 0 atom stereocenters. The summed E-state index contributed by atoms with van der Waals surface area (Å²) in [6.45, 7) is 3.00. The first-order valence-corrected chi connectivity index (χ1v) is 6.93. The Kier molecular flexibility index (Phi) is 3.52. The first kappa shape index (κ1) is 13.5. The second kappa shape index (κ2) is 5.48. The summed E-state index contributed by atoms with van der Waals surface area (Å²) in [6.07, 6.45) is 1.94. The summed E-state index contributed by atoms with van der Waals surface area (Å²) in [4.78, 5) is 0. The molecule has 0 bridgehead atoms. The number of anilines is 1. The second-order valence-electron chi connectivity index (χ2n) is 4.90. The van der Waals surface area contributed by atoms with Crippen molar-refractivity contribution in [2.45, 2.75) is 13.5 Å². The normalized spacial score (nSPS) is 11.0. The average Bonchev–Trinajstić information content (AvgIpc) is 2.86. The fourth-order valence-corrected chi connectivity index (χ4v) is 2.49. The number of nitrogen functional groups attached to an aromatic ring is 1. The lowest BCUT2D eigenvalue weighted by atomic mass is 10.1. The molecule has 0 aliphatic heterocycles. The Balaban J connectivity index is 1.98. The number of hydrogen-bond acceptors (Lipinski definition) is 2. The van der Waals surface area contributed by atoms with Gasteiger partial charge in [0.25, 0.3) is 0 Å². The van der Waals surface area contributed by atoms with E-state index in [0.29, 0.717) is 24.4 Å². The zero-order valence-electron chi connectivity index (χ0n) is 11.8. The summed E-state index contributed by atoms with van der Waals surface area (Å²) in [6, 6.07) is 12.7. The second-order valence-corrected chi connectivity index (χ2v) is 4.90. The van der Waals surface area contributed by atoms with Gasteiger partial charge >= 0.3 is 0 Å². The number of nitrogens with zero attached hydrogens (tertiary/aromatic N) is 1. The Hall–Kier alpha value is -2.49. The van der Waals surface area contributed by atoms with Crippen molar-refractivity contribution in [3.63, 3.8) is 0 Å². The highest BCUT2D eigenvalue weighted by Crippen LogP contribution is 2.24. The first-order chi connectivity index (χ1) is 10.2. The first-order valence-electron chi connectivity index (χ1n) is 6.93. The molecule has 3 aromatic rings. The highest BCUT2D eigenvalue weighted by atomic mass is 19.1. The third-order valence-electron chi connectivity index (χ3n) is 3.54. The van der Waals surface area contributed by atoms with Crippen LogP contribution in [-0.2, 0) is 6.54 Å². The zero-order valence-corrected chi connectivity index (χ0v) is 11.8. The van der Waals surface area contributed by atoms with Crippen LogP contribution < -0.4 is 10.5 Å². The lowest BCUT2D eigenvalue weighted by Crippen LogP contribution is -2.04. The van der Waals surface area contributed by atoms with E-state index in [9.17, 15) is 4.39 Å². The van der Waals surface area contributed by atoms with Crippen LogP contribution in [0, 0.1) is 5.82 Å². The topological polar surface area (TPSA) is 40.2 Å². The average molecular weight is 284 g/mol. The Morgan fingerprint density at radius 1 is 1.19 bits per heavy atom. The Morgan fingerprint density at radius 3 is 2.81 bits per heavy atom. The smallest absolute Gasteiger partial charge is 0.130 e. The number of benzene rings is 2. The Bertz CT molecular complexity index is 759. The van der Waals surface area contributed by atoms with E-state index in [4.69, 9.17) is 10.5 Å². The van der Waals surface area contributed by atoms with E-state index in [2.05, 4.69) is 0 Å². The van der Waals surface area contributed by atoms with E-state index in [-0.39, 0.29) is 5.82 Å². The number of ether oxygens (including phenoxy) is 1. The SMILES string of the molecule is CCOc1ccc2c(ccn2Cc2c(N)cccc2F)c1. The third kappa shape index (κ3) is 2.57. The van der Waals surface area contributed by atoms with Gasteiger partial charge in [0.2, 0.25) is 0 Å². The predicted molar refractivity (Wildman–Crippen MR) is 83.0 cm³/mol. The molecule has 0 spiro atoms. The lowest BCUT2D eigenvalue weighted by molar-refractivity contribution is 0.340. The van der Waals surface area contributed by atoms with Crippen LogP contribution in [0.1, 0.15) is 12.5 Å². The molecule has 0 aliphatic rings. The van der Waals surface area contributed by atoms with Gasteiger partial charge in [-0.05, 0) is 43.3 Å². The molecule has 4 heteroatoms. The summed E-state index contributed by atoms with van der Waals surface area (Å²) in [7, 11) is 0. The molecule has 1 aromatic heterocycles. The van der Waals surface area contributed by atoms with Crippen molar-refractivity contribution in [2.75, 3.05) is 12.3 Å². The molecule has 0 aliphatic carbocycles. The molecule has 108 valence electrons. The van der Waals surface area contributed by atoms with E-state index in [1.165, 1.54) is 6.07 Å². The van der Waals surface area contributed by atoms with Crippen molar-refractivity contribution < 1.29 is 9.13 Å². The summed E-state index contributed by atoms with van der Waals surface area (Å²) < 4.78 is 21.4. The monoisotopic (exact) mass is 284 g/mol.